The van der Waals surface area contributed by atoms with Gasteiger partial charge in [-0.25, -0.2) is 0 Å². The quantitative estimate of drug-likeness (QED) is 0.923. The molecule has 2 aromatic rings. The molecule has 1 fully saturated rings. The van der Waals surface area contributed by atoms with E-state index in [1.54, 1.807) is 30.2 Å². The summed E-state index contributed by atoms with van der Waals surface area (Å²) in [5, 5.41) is 9.52. The SMILES string of the molecule is COc1ccccc1[C@@H]1C[C@H]1C(=O)N(C)Cc1cccc(O)c1. The van der Waals surface area contributed by atoms with Crippen LogP contribution in [0.3, 0.4) is 0 Å². The second-order valence-corrected chi connectivity index (χ2v) is 6.05. The average Bonchev–Trinajstić information content (AvgIpc) is 3.34. The Kier molecular flexibility index (Phi) is 4.24. The summed E-state index contributed by atoms with van der Waals surface area (Å²) >= 11 is 0. The van der Waals surface area contributed by atoms with Crippen LogP contribution in [0.4, 0.5) is 0 Å². The van der Waals surface area contributed by atoms with Gasteiger partial charge in [-0.2, -0.15) is 0 Å². The maximum atomic E-state index is 12.6. The highest BCUT2D eigenvalue weighted by Crippen LogP contribution is 2.51. The molecule has 1 amide bonds. The first-order valence-corrected chi connectivity index (χ1v) is 7.76. The van der Waals surface area contributed by atoms with Gasteiger partial charge in [0.1, 0.15) is 11.5 Å². The Balaban J connectivity index is 1.65. The van der Waals surface area contributed by atoms with Gasteiger partial charge in [-0.1, -0.05) is 30.3 Å². The van der Waals surface area contributed by atoms with Crippen LogP contribution < -0.4 is 4.74 Å². The van der Waals surface area contributed by atoms with Crippen LogP contribution in [-0.2, 0) is 11.3 Å². The zero-order valence-electron chi connectivity index (χ0n) is 13.4. The molecular formula is C19H21NO3. The van der Waals surface area contributed by atoms with Gasteiger partial charge >= 0.3 is 0 Å². The molecule has 1 saturated carbocycles. The zero-order chi connectivity index (χ0) is 16.4. The molecule has 2 atom stereocenters. The van der Waals surface area contributed by atoms with E-state index in [4.69, 9.17) is 4.74 Å². The normalized spacial score (nSPS) is 19.2. The fourth-order valence-corrected chi connectivity index (χ4v) is 3.07. The number of carbonyl (C=O) groups is 1. The molecule has 0 aromatic heterocycles. The summed E-state index contributed by atoms with van der Waals surface area (Å²) in [5.74, 6) is 1.48. The van der Waals surface area contributed by atoms with Gasteiger partial charge in [0.2, 0.25) is 5.91 Å². The first kappa shape index (κ1) is 15.4. The molecule has 0 unspecified atom stereocenters. The summed E-state index contributed by atoms with van der Waals surface area (Å²) in [6.45, 7) is 0.502. The minimum absolute atomic E-state index is 0.0219. The Morgan fingerprint density at radius 3 is 2.78 bits per heavy atom. The summed E-state index contributed by atoms with van der Waals surface area (Å²) in [5.41, 5.74) is 2.04. The van der Waals surface area contributed by atoms with Crippen LogP contribution in [0.1, 0.15) is 23.5 Å². The van der Waals surface area contributed by atoms with E-state index >= 15 is 0 Å². The fourth-order valence-electron chi connectivity index (χ4n) is 3.07. The number of aromatic hydroxyl groups is 1. The molecule has 1 aliphatic carbocycles. The van der Waals surface area contributed by atoms with E-state index < -0.39 is 0 Å². The third kappa shape index (κ3) is 3.31. The van der Waals surface area contributed by atoms with Crippen molar-refractivity contribution in [1.29, 1.82) is 0 Å². The van der Waals surface area contributed by atoms with Crippen molar-refractivity contribution in [3.63, 3.8) is 0 Å². The number of benzene rings is 2. The van der Waals surface area contributed by atoms with Gasteiger partial charge in [0, 0.05) is 19.5 Å². The van der Waals surface area contributed by atoms with Crippen molar-refractivity contribution in [2.45, 2.75) is 18.9 Å². The third-order valence-electron chi connectivity index (χ3n) is 4.35. The highest BCUT2D eigenvalue weighted by Gasteiger charge is 2.46. The third-order valence-corrected chi connectivity index (χ3v) is 4.35. The molecule has 0 saturated heterocycles. The highest BCUT2D eigenvalue weighted by atomic mass is 16.5. The van der Waals surface area contributed by atoms with Gasteiger partial charge in [-0.05, 0) is 41.7 Å². The van der Waals surface area contributed by atoms with Gasteiger partial charge in [-0.15, -0.1) is 0 Å². The molecule has 2 aromatic carbocycles. The van der Waals surface area contributed by atoms with E-state index in [1.165, 1.54) is 0 Å². The second-order valence-electron chi connectivity index (χ2n) is 6.05. The lowest BCUT2D eigenvalue weighted by atomic mass is 10.1. The van der Waals surface area contributed by atoms with Crippen molar-refractivity contribution in [3.8, 4) is 11.5 Å². The van der Waals surface area contributed by atoms with Crippen molar-refractivity contribution in [3.05, 3.63) is 59.7 Å². The number of phenolic OH excluding ortho intramolecular Hbond substituents is 1. The maximum absolute atomic E-state index is 12.6. The van der Waals surface area contributed by atoms with Crippen molar-refractivity contribution in [2.24, 2.45) is 5.92 Å². The van der Waals surface area contributed by atoms with Gasteiger partial charge in [0.05, 0.1) is 7.11 Å². The topological polar surface area (TPSA) is 49.8 Å². The number of para-hydroxylation sites is 1. The number of amides is 1. The van der Waals surface area contributed by atoms with Crippen LogP contribution in [0.2, 0.25) is 0 Å². The first-order valence-electron chi connectivity index (χ1n) is 7.76. The molecule has 1 N–H and O–H groups in total. The summed E-state index contributed by atoms with van der Waals surface area (Å²) in [4.78, 5) is 14.3. The van der Waals surface area contributed by atoms with E-state index in [1.807, 2.05) is 37.4 Å². The van der Waals surface area contributed by atoms with Crippen LogP contribution in [0.25, 0.3) is 0 Å². The van der Waals surface area contributed by atoms with E-state index in [-0.39, 0.29) is 23.5 Å². The van der Waals surface area contributed by atoms with Gasteiger partial charge in [0.15, 0.2) is 0 Å². The Hall–Kier alpha value is -2.49. The first-order chi connectivity index (χ1) is 11.1. The molecule has 0 bridgehead atoms. The molecule has 0 radical (unpaired) electrons. The van der Waals surface area contributed by atoms with E-state index in [0.717, 1.165) is 23.3 Å². The lowest BCUT2D eigenvalue weighted by Gasteiger charge is -2.18. The van der Waals surface area contributed by atoms with Crippen LogP contribution in [0.5, 0.6) is 11.5 Å². The summed E-state index contributed by atoms with van der Waals surface area (Å²) < 4.78 is 5.39. The number of nitrogens with zero attached hydrogens (tertiary/aromatic N) is 1. The standard InChI is InChI=1S/C19H21NO3/c1-20(12-13-6-5-7-14(21)10-13)19(22)17-11-16(17)15-8-3-4-9-18(15)23-2/h3-10,16-17,21H,11-12H2,1-2H3/t16-,17+/m0/s1. The Bertz CT molecular complexity index is 713. The predicted octanol–water partition coefficient (Wildman–Crippen LogP) is 3.16. The summed E-state index contributed by atoms with van der Waals surface area (Å²) in [7, 11) is 3.47. The van der Waals surface area contributed by atoms with Gasteiger partial charge in [0.25, 0.3) is 0 Å². The van der Waals surface area contributed by atoms with Crippen molar-refractivity contribution < 1.29 is 14.6 Å². The second kappa shape index (κ2) is 6.32. The minimum Gasteiger partial charge on any atom is -0.508 e. The summed E-state index contributed by atoms with van der Waals surface area (Å²) in [6.07, 6.45) is 0.865. The molecular weight excluding hydrogens is 290 g/mol. The fraction of sp³-hybridized carbons (Fsp3) is 0.316. The van der Waals surface area contributed by atoms with E-state index in [9.17, 15) is 9.90 Å². The number of hydrogen-bond donors (Lipinski definition) is 1. The number of phenols is 1. The molecule has 4 nitrogen and oxygen atoms in total. The minimum atomic E-state index is 0.0219. The number of hydrogen-bond acceptors (Lipinski definition) is 3. The average molecular weight is 311 g/mol. The lowest BCUT2D eigenvalue weighted by Crippen LogP contribution is -2.28. The van der Waals surface area contributed by atoms with Crippen LogP contribution >= 0.6 is 0 Å². The number of carbonyl (C=O) groups excluding carboxylic acids is 1. The number of ether oxygens (including phenoxy) is 1. The predicted molar refractivity (Wildman–Crippen MR) is 88.4 cm³/mol. The maximum Gasteiger partial charge on any atom is 0.226 e. The molecule has 0 spiro atoms. The lowest BCUT2D eigenvalue weighted by molar-refractivity contribution is -0.131. The Morgan fingerprint density at radius 1 is 1.26 bits per heavy atom. The highest BCUT2D eigenvalue weighted by molar-refractivity contribution is 5.83. The Labute approximate surface area is 136 Å². The van der Waals surface area contributed by atoms with E-state index in [0.29, 0.717) is 6.54 Å². The molecule has 0 aliphatic heterocycles. The number of rotatable bonds is 5. The van der Waals surface area contributed by atoms with Crippen LogP contribution in [0, 0.1) is 5.92 Å². The van der Waals surface area contributed by atoms with E-state index in [2.05, 4.69) is 0 Å². The number of methoxy groups -OCH3 is 1. The van der Waals surface area contributed by atoms with Crippen LogP contribution in [-0.4, -0.2) is 30.1 Å². The molecule has 1 aliphatic rings. The van der Waals surface area contributed by atoms with Gasteiger partial charge in [-0.3, -0.25) is 4.79 Å². The molecule has 23 heavy (non-hydrogen) atoms. The smallest absolute Gasteiger partial charge is 0.226 e. The van der Waals surface area contributed by atoms with Crippen molar-refractivity contribution >= 4 is 5.91 Å². The van der Waals surface area contributed by atoms with Crippen molar-refractivity contribution in [2.75, 3.05) is 14.2 Å². The Morgan fingerprint density at radius 2 is 2.04 bits per heavy atom. The molecule has 3 rings (SSSR count). The molecule has 0 heterocycles. The molecule has 4 heteroatoms. The van der Waals surface area contributed by atoms with Crippen LogP contribution in [0.15, 0.2) is 48.5 Å². The largest absolute Gasteiger partial charge is 0.508 e. The monoisotopic (exact) mass is 311 g/mol. The van der Waals surface area contributed by atoms with Crippen molar-refractivity contribution in [1.82, 2.24) is 4.90 Å². The zero-order valence-corrected chi connectivity index (χ0v) is 13.4. The summed E-state index contributed by atoms with van der Waals surface area (Å²) in [6, 6.07) is 14.9. The van der Waals surface area contributed by atoms with Gasteiger partial charge < -0.3 is 14.7 Å². The molecule has 120 valence electrons.